The first-order valence-corrected chi connectivity index (χ1v) is 19.7. The lowest BCUT2D eigenvalue weighted by atomic mass is 9.73. The van der Waals surface area contributed by atoms with Gasteiger partial charge in [-0.25, -0.2) is 27.5 Å². The van der Waals surface area contributed by atoms with Gasteiger partial charge in [0.15, 0.2) is 4.90 Å². The summed E-state index contributed by atoms with van der Waals surface area (Å²) in [7, 11) is -4.59. The van der Waals surface area contributed by atoms with Crippen LogP contribution in [0.3, 0.4) is 0 Å². The molecule has 55 heavy (non-hydrogen) atoms. The maximum atomic E-state index is 14.3. The van der Waals surface area contributed by atoms with Crippen LogP contribution in [0.5, 0.6) is 0 Å². The number of ketones is 1. The van der Waals surface area contributed by atoms with Crippen molar-refractivity contribution in [2.75, 3.05) is 13.1 Å². The molecule has 1 saturated heterocycles. The minimum atomic E-state index is -4.59. The van der Waals surface area contributed by atoms with Crippen molar-refractivity contribution < 1.29 is 32.6 Å². The molecule has 4 unspecified atom stereocenters. The van der Waals surface area contributed by atoms with Crippen molar-refractivity contribution in [3.05, 3.63) is 91.1 Å². The number of sulfonamides is 1. The third-order valence-corrected chi connectivity index (χ3v) is 12.2. The van der Waals surface area contributed by atoms with Crippen molar-refractivity contribution in [3.8, 4) is 11.3 Å². The highest BCUT2D eigenvalue weighted by Crippen LogP contribution is 2.44. The van der Waals surface area contributed by atoms with Crippen LogP contribution in [0.25, 0.3) is 22.3 Å². The van der Waals surface area contributed by atoms with E-state index in [0.29, 0.717) is 33.8 Å². The first-order chi connectivity index (χ1) is 25.6. The maximum Gasteiger partial charge on any atom is 0.420 e. The summed E-state index contributed by atoms with van der Waals surface area (Å²) in [5.74, 6) is -0.494. The Hall–Kier alpha value is -5.06. The number of piperidine rings is 1. The summed E-state index contributed by atoms with van der Waals surface area (Å²) in [5.41, 5.74) is 0.828. The van der Waals surface area contributed by atoms with Gasteiger partial charge >= 0.3 is 6.09 Å². The van der Waals surface area contributed by atoms with Gasteiger partial charge in [0.1, 0.15) is 17.0 Å². The third kappa shape index (κ3) is 7.50. The lowest BCUT2D eigenvalue weighted by Crippen LogP contribution is -2.39. The molecule has 2 N–H and O–H groups in total. The fourth-order valence-corrected chi connectivity index (χ4v) is 9.39. The summed E-state index contributed by atoms with van der Waals surface area (Å²) in [6.45, 7) is 15.1. The molecule has 2 aromatic heterocycles. The standard InChI is InChI=1S/C39H46N6O9S/c1-21-13-22(2)15-25(14-21)34-32(23(3)18-42-55(52,53)31-12-10-27(44(48)49)17-30(31)45(50)51)28-16-26(20-41-36(28)43(34)37(47)54-38(4,5)6)39(7,8)35(46)33-24-9-11-29(33)40-19-24/h10,12-17,20,23-24,29,33,40,42H,9,11,18-19H2,1-8H3. The second-order valence-corrected chi connectivity index (χ2v) is 18.1. The van der Waals surface area contributed by atoms with Crippen LogP contribution in [-0.2, 0) is 25.0 Å². The molecule has 2 aromatic carbocycles. The SMILES string of the molecule is Cc1cc(C)cc(-c2c(C(C)CNS(=O)(=O)c3ccc([N+](=O)[O-])cc3[N+](=O)[O-])c3cc(C(C)(C)C(=O)C4C5CCC4NC5)cnc3n2C(=O)OC(C)(C)C)c1. The van der Waals surface area contributed by atoms with Gasteiger partial charge in [0.25, 0.3) is 11.4 Å². The van der Waals surface area contributed by atoms with Crippen molar-refractivity contribution in [3.63, 3.8) is 0 Å². The number of nitro benzene ring substituents is 2. The van der Waals surface area contributed by atoms with E-state index in [-0.39, 0.29) is 35.9 Å². The highest BCUT2D eigenvalue weighted by atomic mass is 32.2. The van der Waals surface area contributed by atoms with E-state index in [1.807, 2.05) is 52.0 Å². The van der Waals surface area contributed by atoms with Crippen LogP contribution in [0, 0.1) is 45.9 Å². The van der Waals surface area contributed by atoms with Crippen molar-refractivity contribution in [2.24, 2.45) is 11.8 Å². The van der Waals surface area contributed by atoms with E-state index in [2.05, 4.69) is 10.0 Å². The molecule has 292 valence electrons. The molecule has 4 atom stereocenters. The molecule has 1 aliphatic heterocycles. The molecule has 6 rings (SSSR count). The molecule has 0 spiro atoms. The smallest absolute Gasteiger partial charge is 0.420 e. The maximum absolute atomic E-state index is 14.3. The topological polar surface area (TPSA) is 206 Å². The average molecular weight is 775 g/mol. The first-order valence-electron chi connectivity index (χ1n) is 18.2. The molecule has 0 radical (unpaired) electrons. The molecule has 0 amide bonds. The second kappa shape index (κ2) is 14.2. The van der Waals surface area contributed by atoms with E-state index >= 15 is 0 Å². The van der Waals surface area contributed by atoms with Crippen LogP contribution in [0.2, 0.25) is 0 Å². The zero-order valence-electron chi connectivity index (χ0n) is 32.1. The van der Waals surface area contributed by atoms with Crippen LogP contribution in [0.4, 0.5) is 16.2 Å². The lowest BCUT2D eigenvalue weighted by Gasteiger charge is -2.28. The van der Waals surface area contributed by atoms with Gasteiger partial charge in [0.05, 0.1) is 27.0 Å². The number of carbonyl (C=O) groups is 2. The van der Waals surface area contributed by atoms with E-state index in [1.54, 1.807) is 33.9 Å². The Morgan fingerprint density at radius 2 is 1.69 bits per heavy atom. The molecule has 1 saturated carbocycles. The Balaban J connectivity index is 1.53. The Morgan fingerprint density at radius 1 is 1.02 bits per heavy atom. The summed E-state index contributed by atoms with van der Waals surface area (Å²) >= 11 is 0. The van der Waals surface area contributed by atoms with E-state index in [4.69, 9.17) is 9.72 Å². The van der Waals surface area contributed by atoms with Gasteiger partial charge < -0.3 is 10.1 Å². The summed E-state index contributed by atoms with van der Waals surface area (Å²) in [6.07, 6.45) is 2.82. The van der Waals surface area contributed by atoms with E-state index in [0.717, 1.165) is 42.6 Å². The van der Waals surface area contributed by atoms with Gasteiger partial charge in [-0.1, -0.05) is 24.1 Å². The zero-order chi connectivity index (χ0) is 40.4. The van der Waals surface area contributed by atoms with Crippen LogP contribution in [0.1, 0.15) is 82.6 Å². The van der Waals surface area contributed by atoms with E-state index < -0.39 is 59.2 Å². The van der Waals surface area contributed by atoms with Crippen molar-refractivity contribution >= 4 is 44.3 Å². The zero-order valence-corrected chi connectivity index (χ0v) is 32.9. The van der Waals surface area contributed by atoms with Crippen molar-refractivity contribution in [2.45, 2.75) is 96.1 Å². The number of carbonyl (C=O) groups excluding carboxylic acids is 2. The summed E-state index contributed by atoms with van der Waals surface area (Å²) in [5, 5.41) is 27.1. The monoisotopic (exact) mass is 774 g/mol. The number of Topliss-reactive ketones (excluding diaryl/α,β-unsaturated/α-hetero) is 1. The number of ether oxygens (including phenoxy) is 1. The van der Waals surface area contributed by atoms with E-state index in [1.165, 1.54) is 4.57 Å². The number of pyridine rings is 1. The molecule has 15 nitrogen and oxygen atoms in total. The number of nitro groups is 2. The van der Waals surface area contributed by atoms with Crippen LogP contribution in [0.15, 0.2) is 53.6 Å². The normalized spacial score (nSPS) is 19.1. The largest absolute Gasteiger partial charge is 0.443 e. The minimum absolute atomic E-state index is 0.0966. The number of nitrogens with one attached hydrogen (secondary N) is 2. The minimum Gasteiger partial charge on any atom is -0.443 e. The fraction of sp³-hybridized carbons (Fsp3) is 0.462. The molecule has 2 bridgehead atoms. The number of benzene rings is 2. The molecule has 4 aromatic rings. The predicted molar refractivity (Wildman–Crippen MR) is 206 cm³/mol. The predicted octanol–water partition coefficient (Wildman–Crippen LogP) is 6.85. The third-order valence-electron chi connectivity index (χ3n) is 10.7. The number of hydrogen-bond acceptors (Lipinski definition) is 11. The van der Waals surface area contributed by atoms with Crippen molar-refractivity contribution in [1.82, 2.24) is 19.6 Å². The number of rotatable bonds is 11. The summed E-state index contributed by atoms with van der Waals surface area (Å²) in [4.78, 5) is 53.9. The van der Waals surface area contributed by atoms with Crippen LogP contribution >= 0.6 is 0 Å². The number of nitrogens with zero attached hydrogens (tertiary/aromatic N) is 4. The summed E-state index contributed by atoms with van der Waals surface area (Å²) in [6, 6.07) is 10.1. The number of non-ortho nitro benzene ring substituents is 1. The molecule has 1 aliphatic carbocycles. The fourth-order valence-electron chi connectivity index (χ4n) is 8.11. The molecule has 2 fully saturated rings. The van der Waals surface area contributed by atoms with Gasteiger partial charge in [0.2, 0.25) is 10.0 Å². The highest BCUT2D eigenvalue weighted by molar-refractivity contribution is 7.89. The number of aryl methyl sites for hydroxylation is 2. The van der Waals surface area contributed by atoms with Crippen LogP contribution < -0.4 is 10.0 Å². The number of hydrogen-bond donors (Lipinski definition) is 2. The van der Waals surface area contributed by atoms with Crippen LogP contribution in [-0.4, -0.2) is 64.4 Å². The number of aromatic nitrogens is 2. The first kappa shape index (κ1) is 39.6. The molecule has 16 heteroatoms. The lowest BCUT2D eigenvalue weighted by molar-refractivity contribution is -0.396. The van der Waals surface area contributed by atoms with Crippen molar-refractivity contribution in [1.29, 1.82) is 0 Å². The van der Waals surface area contributed by atoms with Gasteiger partial charge in [-0.05, 0) is 121 Å². The average Bonchev–Trinajstić information content (AvgIpc) is 3.79. The second-order valence-electron chi connectivity index (χ2n) is 16.3. The van der Waals surface area contributed by atoms with Gasteiger partial charge in [-0.2, -0.15) is 0 Å². The van der Waals surface area contributed by atoms with Gasteiger partial charge in [-0.15, -0.1) is 0 Å². The number of fused-ring (bicyclic) bond motifs is 3. The Morgan fingerprint density at radius 3 is 2.24 bits per heavy atom. The molecule has 2 aliphatic rings. The summed E-state index contributed by atoms with van der Waals surface area (Å²) < 4.78 is 37.1. The van der Waals surface area contributed by atoms with Gasteiger partial charge in [0, 0.05) is 36.2 Å². The molecular weight excluding hydrogens is 729 g/mol. The highest BCUT2D eigenvalue weighted by Gasteiger charge is 2.50. The Bertz CT molecular complexity index is 2320. The van der Waals surface area contributed by atoms with Gasteiger partial charge in [-0.3, -0.25) is 25.0 Å². The quantitative estimate of drug-likeness (QED) is 0.119. The molecular formula is C39H46N6O9S. The Kier molecular flexibility index (Phi) is 10.2. The van der Waals surface area contributed by atoms with E-state index in [9.17, 15) is 38.2 Å². The Labute approximate surface area is 319 Å². The molecule has 3 heterocycles.